The quantitative estimate of drug-likeness (QED) is 0.540. The van der Waals surface area contributed by atoms with Crippen molar-refractivity contribution in [3.63, 3.8) is 0 Å². The van der Waals surface area contributed by atoms with Gasteiger partial charge in [0, 0.05) is 30.9 Å². The van der Waals surface area contributed by atoms with Crippen LogP contribution in [0.3, 0.4) is 0 Å². The maximum atomic E-state index is 14.1. The van der Waals surface area contributed by atoms with Crippen molar-refractivity contribution < 1.29 is 14.4 Å². The van der Waals surface area contributed by atoms with E-state index in [2.05, 4.69) is 15.1 Å². The molecule has 3 heterocycles. The Morgan fingerprint density at radius 1 is 1.19 bits per heavy atom. The summed E-state index contributed by atoms with van der Waals surface area (Å²) in [5.74, 6) is -0.751. The molecule has 3 aromatic rings. The first kappa shape index (κ1) is 24.4. The molecule has 0 radical (unpaired) electrons. The van der Waals surface area contributed by atoms with Gasteiger partial charge in [-0.25, -0.2) is 6.57 Å². The molecule has 8 heteroatoms. The Bertz CT molecular complexity index is 1440. The number of aromatic nitrogens is 1. The lowest BCUT2D eigenvalue weighted by Crippen LogP contribution is -2.51. The molecule has 1 N–H and O–H groups in total. The third-order valence-electron chi connectivity index (χ3n) is 7.53. The van der Waals surface area contributed by atoms with Crippen LogP contribution in [-0.2, 0) is 15.0 Å². The number of carbonyl (C=O) groups is 3. The standard InChI is InChI=1S/C29H29N5O3/c1-18(2)15-23(33(4)27(36)25-20-10-6-5-9-19(20)13-14-31-25)26(35)34-17-29(16-24(34)30-3)21-11-7-8-12-22(21)32-28(29)37/h5-14,18,23-24H,15-17H2,1-2,4H3,(H,32,37)/t23-,24-,29-/m0/s1. The van der Waals surface area contributed by atoms with Crippen molar-refractivity contribution in [2.45, 2.75) is 44.3 Å². The fourth-order valence-electron chi connectivity index (χ4n) is 5.62. The number of anilines is 1. The second kappa shape index (κ2) is 9.32. The molecule has 188 valence electrons. The molecule has 37 heavy (non-hydrogen) atoms. The molecule has 3 amide bonds. The summed E-state index contributed by atoms with van der Waals surface area (Å²) in [6, 6.07) is 16.0. The van der Waals surface area contributed by atoms with Crippen LogP contribution in [0.2, 0.25) is 0 Å². The van der Waals surface area contributed by atoms with E-state index >= 15 is 0 Å². The number of benzene rings is 2. The number of rotatable bonds is 5. The second-order valence-electron chi connectivity index (χ2n) is 10.3. The van der Waals surface area contributed by atoms with Gasteiger partial charge in [0.1, 0.15) is 17.2 Å². The number of para-hydroxylation sites is 1. The molecular weight excluding hydrogens is 466 g/mol. The summed E-state index contributed by atoms with van der Waals surface area (Å²) in [4.78, 5) is 52.0. The van der Waals surface area contributed by atoms with Gasteiger partial charge < -0.3 is 10.2 Å². The molecule has 2 aliphatic heterocycles. The van der Waals surface area contributed by atoms with Crippen molar-refractivity contribution >= 4 is 34.2 Å². The average Bonchev–Trinajstić information content (AvgIpc) is 3.43. The van der Waals surface area contributed by atoms with E-state index in [1.165, 1.54) is 9.80 Å². The van der Waals surface area contributed by atoms with Crippen LogP contribution in [0.25, 0.3) is 15.6 Å². The van der Waals surface area contributed by atoms with Gasteiger partial charge in [0.25, 0.3) is 11.8 Å². The summed E-state index contributed by atoms with van der Waals surface area (Å²) in [7, 11) is 1.62. The maximum absolute atomic E-state index is 14.1. The number of hydrogen-bond acceptors (Lipinski definition) is 4. The minimum Gasteiger partial charge on any atom is -0.328 e. The first-order valence-electron chi connectivity index (χ1n) is 12.5. The van der Waals surface area contributed by atoms with Crippen molar-refractivity contribution in [3.8, 4) is 0 Å². The van der Waals surface area contributed by atoms with E-state index in [0.29, 0.717) is 6.42 Å². The molecule has 1 saturated heterocycles. The molecule has 0 saturated carbocycles. The number of fused-ring (bicyclic) bond motifs is 3. The van der Waals surface area contributed by atoms with Gasteiger partial charge in [-0.05, 0) is 35.4 Å². The maximum Gasteiger partial charge on any atom is 0.302 e. The molecular formula is C29H29N5O3. The van der Waals surface area contributed by atoms with Crippen LogP contribution in [0.4, 0.5) is 5.69 Å². The third-order valence-corrected chi connectivity index (χ3v) is 7.53. The Morgan fingerprint density at radius 3 is 2.68 bits per heavy atom. The zero-order chi connectivity index (χ0) is 26.3. The van der Waals surface area contributed by atoms with Gasteiger partial charge in [-0.1, -0.05) is 56.3 Å². The number of carbonyl (C=O) groups excluding carboxylic acids is 3. The Balaban J connectivity index is 1.48. The molecule has 3 atom stereocenters. The number of likely N-dealkylation sites (N-methyl/N-ethyl adjacent to an activating group) is 1. The van der Waals surface area contributed by atoms with Crippen LogP contribution in [0.5, 0.6) is 0 Å². The average molecular weight is 496 g/mol. The van der Waals surface area contributed by atoms with E-state index in [4.69, 9.17) is 6.57 Å². The molecule has 1 spiro atoms. The Morgan fingerprint density at radius 2 is 1.92 bits per heavy atom. The van der Waals surface area contributed by atoms with E-state index < -0.39 is 17.6 Å². The van der Waals surface area contributed by atoms with Gasteiger partial charge in [0.2, 0.25) is 5.91 Å². The first-order valence-corrected chi connectivity index (χ1v) is 12.5. The van der Waals surface area contributed by atoms with E-state index in [1.54, 1.807) is 13.2 Å². The summed E-state index contributed by atoms with van der Waals surface area (Å²) in [6.07, 6.45) is 1.45. The number of amides is 3. The highest BCUT2D eigenvalue weighted by Crippen LogP contribution is 2.47. The SMILES string of the molecule is [C-]#[N+][C@@H]1C[C@@]2(CN1C(=O)[C@H](CC(C)C)N(C)C(=O)c1nccc3ccccc13)C(=O)Nc1ccccc12. The highest BCUT2D eigenvalue weighted by atomic mass is 16.2. The fourth-order valence-corrected chi connectivity index (χ4v) is 5.62. The van der Waals surface area contributed by atoms with Crippen molar-refractivity contribution in [1.29, 1.82) is 0 Å². The summed E-state index contributed by atoms with van der Waals surface area (Å²) in [6.45, 7) is 11.9. The van der Waals surface area contributed by atoms with Crippen molar-refractivity contribution in [2.24, 2.45) is 5.92 Å². The number of pyridine rings is 1. The zero-order valence-corrected chi connectivity index (χ0v) is 21.1. The van der Waals surface area contributed by atoms with Gasteiger partial charge in [-0.2, -0.15) is 0 Å². The predicted octanol–water partition coefficient (Wildman–Crippen LogP) is 4.09. The van der Waals surface area contributed by atoms with Crippen LogP contribution in [0.15, 0.2) is 60.8 Å². The van der Waals surface area contributed by atoms with Crippen molar-refractivity contribution in [1.82, 2.24) is 14.8 Å². The Labute approximate surface area is 216 Å². The lowest BCUT2D eigenvalue weighted by Gasteiger charge is -2.32. The molecule has 1 aromatic heterocycles. The highest BCUT2D eigenvalue weighted by Gasteiger charge is 2.59. The van der Waals surface area contributed by atoms with Gasteiger partial charge in [-0.15, -0.1) is 0 Å². The Kier molecular flexibility index (Phi) is 6.16. The van der Waals surface area contributed by atoms with Crippen LogP contribution in [0, 0.1) is 12.5 Å². The van der Waals surface area contributed by atoms with Gasteiger partial charge >= 0.3 is 6.17 Å². The summed E-state index contributed by atoms with van der Waals surface area (Å²) in [5, 5.41) is 4.53. The Hall–Kier alpha value is -4.25. The molecule has 2 aliphatic rings. The summed E-state index contributed by atoms with van der Waals surface area (Å²) >= 11 is 0. The van der Waals surface area contributed by atoms with Gasteiger partial charge in [0.15, 0.2) is 0 Å². The predicted molar refractivity (Wildman–Crippen MR) is 141 cm³/mol. The van der Waals surface area contributed by atoms with Crippen LogP contribution in [0.1, 0.15) is 42.7 Å². The van der Waals surface area contributed by atoms with E-state index in [9.17, 15) is 14.4 Å². The first-order chi connectivity index (χ1) is 17.8. The zero-order valence-electron chi connectivity index (χ0n) is 21.1. The van der Waals surface area contributed by atoms with Crippen molar-refractivity contribution in [3.05, 3.63) is 83.5 Å². The molecule has 0 bridgehead atoms. The lowest BCUT2D eigenvalue weighted by molar-refractivity contribution is -0.136. The van der Waals surface area contributed by atoms with Crippen LogP contribution in [-0.4, -0.2) is 58.3 Å². The molecule has 0 unspecified atom stereocenters. The molecule has 0 aliphatic carbocycles. The smallest absolute Gasteiger partial charge is 0.302 e. The number of hydrogen-bond donors (Lipinski definition) is 1. The summed E-state index contributed by atoms with van der Waals surface area (Å²) in [5.41, 5.74) is 0.849. The topological polar surface area (TPSA) is 87.0 Å². The lowest BCUT2D eigenvalue weighted by atomic mass is 9.80. The van der Waals surface area contributed by atoms with Crippen molar-refractivity contribution in [2.75, 3.05) is 18.9 Å². The van der Waals surface area contributed by atoms with Crippen LogP contribution >= 0.6 is 0 Å². The number of nitrogens with zero attached hydrogens (tertiary/aromatic N) is 4. The fraction of sp³-hybridized carbons (Fsp3) is 0.345. The van der Waals surface area contributed by atoms with Crippen LogP contribution < -0.4 is 5.32 Å². The molecule has 1 fully saturated rings. The molecule has 2 aromatic carbocycles. The monoisotopic (exact) mass is 495 g/mol. The molecule has 5 rings (SSSR count). The van der Waals surface area contributed by atoms with E-state index in [1.807, 2.05) is 68.4 Å². The second-order valence-corrected chi connectivity index (χ2v) is 10.3. The molecule has 8 nitrogen and oxygen atoms in total. The van der Waals surface area contributed by atoms with E-state index in [0.717, 1.165) is 22.0 Å². The summed E-state index contributed by atoms with van der Waals surface area (Å²) < 4.78 is 0. The minimum atomic E-state index is -0.969. The number of nitrogens with one attached hydrogen (secondary N) is 1. The normalized spacial score (nSPS) is 21.1. The van der Waals surface area contributed by atoms with E-state index in [-0.39, 0.29) is 42.3 Å². The highest BCUT2D eigenvalue weighted by molar-refractivity contribution is 6.08. The van der Waals surface area contributed by atoms with Gasteiger partial charge in [-0.3, -0.25) is 29.1 Å². The number of likely N-dealkylation sites (tertiary alicyclic amines) is 1. The van der Waals surface area contributed by atoms with Gasteiger partial charge in [0.05, 0.1) is 6.42 Å². The largest absolute Gasteiger partial charge is 0.328 e. The third kappa shape index (κ3) is 4.01. The minimum absolute atomic E-state index is 0.102.